The van der Waals surface area contributed by atoms with E-state index < -0.39 is 16.1 Å². The molecule has 36 heavy (non-hydrogen) atoms. The number of aryl methyl sites for hydroxylation is 1. The normalized spacial score (nSPS) is 16.1. The van der Waals surface area contributed by atoms with Crippen molar-refractivity contribution in [2.24, 2.45) is 0 Å². The van der Waals surface area contributed by atoms with Gasteiger partial charge in [0, 0.05) is 17.5 Å². The molecule has 1 amide bonds. The van der Waals surface area contributed by atoms with Crippen molar-refractivity contribution in [1.29, 1.82) is 0 Å². The molecule has 0 radical (unpaired) electrons. The van der Waals surface area contributed by atoms with Gasteiger partial charge in [0.1, 0.15) is 17.5 Å². The summed E-state index contributed by atoms with van der Waals surface area (Å²) in [5.41, 5.74) is 2.58. The van der Waals surface area contributed by atoms with Crippen LogP contribution < -0.4 is 10.1 Å². The van der Waals surface area contributed by atoms with Crippen molar-refractivity contribution in [2.75, 3.05) is 11.9 Å². The van der Waals surface area contributed by atoms with Gasteiger partial charge in [-0.1, -0.05) is 35.9 Å². The molecule has 1 saturated heterocycles. The third-order valence-corrected chi connectivity index (χ3v) is 8.68. The molecule has 1 aliphatic heterocycles. The molecule has 1 atom stereocenters. The molecule has 9 heteroatoms. The number of amides is 1. The molecular formula is C27H25N3O4S2. The number of carbonyl (C=O) groups excluding carboxylic acids is 1. The fourth-order valence-electron chi connectivity index (χ4n) is 4.11. The van der Waals surface area contributed by atoms with Crippen molar-refractivity contribution in [3.05, 3.63) is 89.8 Å². The smallest absolute Gasteiger partial charge is 0.244 e. The third-order valence-electron chi connectivity index (χ3n) is 6.00. The van der Waals surface area contributed by atoms with E-state index in [-0.39, 0.29) is 10.8 Å². The molecule has 3 aromatic carbocycles. The third kappa shape index (κ3) is 5.18. The summed E-state index contributed by atoms with van der Waals surface area (Å²) in [5.74, 6) is 1.11. The maximum Gasteiger partial charge on any atom is 0.244 e. The van der Waals surface area contributed by atoms with E-state index in [1.165, 1.54) is 15.6 Å². The van der Waals surface area contributed by atoms with Crippen molar-refractivity contribution in [3.8, 4) is 22.8 Å². The van der Waals surface area contributed by atoms with E-state index in [2.05, 4.69) is 10.3 Å². The number of anilines is 1. The molecule has 1 aromatic heterocycles. The lowest BCUT2D eigenvalue weighted by atomic mass is 10.2. The van der Waals surface area contributed by atoms with Gasteiger partial charge in [-0.05, 0) is 68.3 Å². The van der Waals surface area contributed by atoms with Crippen LogP contribution in [0.2, 0.25) is 0 Å². The Morgan fingerprint density at radius 3 is 2.42 bits per heavy atom. The highest BCUT2D eigenvalue weighted by atomic mass is 32.2. The summed E-state index contributed by atoms with van der Waals surface area (Å²) in [6, 6.07) is 23.0. The zero-order valence-corrected chi connectivity index (χ0v) is 21.3. The zero-order chi connectivity index (χ0) is 25.1. The first kappa shape index (κ1) is 24.2. The number of benzene rings is 3. The highest BCUT2D eigenvalue weighted by molar-refractivity contribution is 7.89. The maximum absolute atomic E-state index is 13.2. The average Bonchev–Trinajstić information content (AvgIpc) is 3.56. The fraction of sp³-hybridized carbons (Fsp3) is 0.185. The lowest BCUT2D eigenvalue weighted by molar-refractivity contribution is -0.119. The van der Waals surface area contributed by atoms with Gasteiger partial charge in [0.2, 0.25) is 15.9 Å². The van der Waals surface area contributed by atoms with E-state index in [0.717, 1.165) is 22.6 Å². The van der Waals surface area contributed by atoms with Crippen molar-refractivity contribution < 1.29 is 17.9 Å². The zero-order valence-electron chi connectivity index (χ0n) is 19.6. The summed E-state index contributed by atoms with van der Waals surface area (Å²) in [6.07, 6.45) is 1.10. The molecule has 184 valence electrons. The van der Waals surface area contributed by atoms with Crippen molar-refractivity contribution >= 4 is 32.4 Å². The van der Waals surface area contributed by atoms with Gasteiger partial charge in [-0.25, -0.2) is 13.4 Å². The summed E-state index contributed by atoms with van der Waals surface area (Å²) < 4.78 is 33.5. The van der Waals surface area contributed by atoms with Gasteiger partial charge in [-0.3, -0.25) is 4.79 Å². The number of rotatable bonds is 7. The van der Waals surface area contributed by atoms with Crippen LogP contribution >= 0.6 is 11.3 Å². The van der Waals surface area contributed by atoms with Crippen LogP contribution in [-0.2, 0) is 14.8 Å². The van der Waals surface area contributed by atoms with E-state index in [0.29, 0.717) is 30.3 Å². The molecule has 0 aliphatic carbocycles. The molecule has 4 aromatic rings. The highest BCUT2D eigenvalue weighted by Gasteiger charge is 2.39. The van der Waals surface area contributed by atoms with E-state index in [4.69, 9.17) is 4.74 Å². The van der Waals surface area contributed by atoms with Crippen molar-refractivity contribution in [2.45, 2.75) is 30.7 Å². The molecule has 1 unspecified atom stereocenters. The molecule has 1 N–H and O–H groups in total. The van der Waals surface area contributed by atoms with Gasteiger partial charge in [-0.2, -0.15) is 4.31 Å². The molecule has 0 saturated carbocycles. The predicted octanol–water partition coefficient (Wildman–Crippen LogP) is 5.70. The van der Waals surface area contributed by atoms with Gasteiger partial charge in [0.05, 0.1) is 10.6 Å². The summed E-state index contributed by atoms with van der Waals surface area (Å²) in [4.78, 5) is 17.8. The van der Waals surface area contributed by atoms with Crippen LogP contribution in [0.1, 0.15) is 18.4 Å². The first-order valence-electron chi connectivity index (χ1n) is 11.6. The number of thiazole rings is 1. The van der Waals surface area contributed by atoms with Gasteiger partial charge in [0.15, 0.2) is 5.13 Å². The number of hydrogen-bond donors (Lipinski definition) is 1. The number of nitrogens with zero attached hydrogens (tertiary/aromatic N) is 2. The fourth-order valence-corrected chi connectivity index (χ4v) is 6.49. The molecule has 1 fully saturated rings. The number of nitrogens with one attached hydrogen (secondary N) is 1. The number of hydrogen-bond acceptors (Lipinski definition) is 6. The maximum atomic E-state index is 13.2. The Morgan fingerprint density at radius 1 is 1.00 bits per heavy atom. The number of ether oxygens (including phenoxy) is 1. The van der Waals surface area contributed by atoms with Gasteiger partial charge in [0.25, 0.3) is 0 Å². The van der Waals surface area contributed by atoms with Crippen LogP contribution in [0.3, 0.4) is 0 Å². The Bertz CT molecular complexity index is 1450. The number of aromatic nitrogens is 1. The van der Waals surface area contributed by atoms with Gasteiger partial charge < -0.3 is 10.1 Å². The van der Waals surface area contributed by atoms with E-state index in [1.807, 2.05) is 66.9 Å². The molecule has 2 heterocycles. The van der Waals surface area contributed by atoms with Crippen molar-refractivity contribution in [3.63, 3.8) is 0 Å². The quantitative estimate of drug-likeness (QED) is 0.338. The average molecular weight is 520 g/mol. The lowest BCUT2D eigenvalue weighted by Crippen LogP contribution is -2.43. The molecular weight excluding hydrogens is 494 g/mol. The summed E-state index contributed by atoms with van der Waals surface area (Å²) in [6.45, 7) is 2.21. The van der Waals surface area contributed by atoms with E-state index >= 15 is 0 Å². The van der Waals surface area contributed by atoms with Gasteiger partial charge >= 0.3 is 0 Å². The summed E-state index contributed by atoms with van der Waals surface area (Å²) >= 11 is 1.30. The second-order valence-corrected chi connectivity index (χ2v) is 11.3. The van der Waals surface area contributed by atoms with Crippen LogP contribution in [0.5, 0.6) is 11.5 Å². The van der Waals surface area contributed by atoms with Crippen LogP contribution in [0.15, 0.2) is 89.1 Å². The summed E-state index contributed by atoms with van der Waals surface area (Å²) in [7, 11) is -3.76. The topological polar surface area (TPSA) is 88.6 Å². The Kier molecular flexibility index (Phi) is 6.86. The first-order chi connectivity index (χ1) is 17.4. The second-order valence-electron chi connectivity index (χ2n) is 8.55. The second kappa shape index (κ2) is 10.2. The Balaban J connectivity index is 1.26. The van der Waals surface area contributed by atoms with Gasteiger partial charge in [-0.15, -0.1) is 11.3 Å². The SMILES string of the molecule is Cc1ccc(S(=O)(=O)N2CCCC2C(=O)Nc2nc(-c3ccc(Oc4ccccc4)cc3)cs2)cc1. The molecule has 1 aliphatic rings. The number of carbonyl (C=O) groups is 1. The summed E-state index contributed by atoms with van der Waals surface area (Å²) in [5, 5.41) is 5.11. The van der Waals surface area contributed by atoms with E-state index in [1.54, 1.807) is 24.3 Å². The highest BCUT2D eigenvalue weighted by Crippen LogP contribution is 2.30. The number of sulfonamides is 1. The minimum Gasteiger partial charge on any atom is -0.457 e. The Morgan fingerprint density at radius 2 is 1.69 bits per heavy atom. The minimum atomic E-state index is -3.76. The van der Waals surface area contributed by atoms with Crippen LogP contribution in [0, 0.1) is 6.92 Å². The molecule has 0 spiro atoms. The van der Waals surface area contributed by atoms with Crippen LogP contribution in [0.4, 0.5) is 5.13 Å². The standard InChI is InChI=1S/C27H25N3O4S2/c1-19-9-15-23(16-10-19)36(32,33)30-17-5-8-25(30)26(31)29-27-28-24(18-35-27)20-11-13-22(14-12-20)34-21-6-3-2-4-7-21/h2-4,6-7,9-16,18,25H,5,8,17H2,1H3,(H,28,29,31). The van der Waals surface area contributed by atoms with Crippen molar-refractivity contribution in [1.82, 2.24) is 9.29 Å². The van der Waals surface area contributed by atoms with Crippen LogP contribution in [-0.4, -0.2) is 36.2 Å². The molecule has 7 nitrogen and oxygen atoms in total. The molecule has 5 rings (SSSR count). The predicted molar refractivity (Wildman–Crippen MR) is 141 cm³/mol. The largest absolute Gasteiger partial charge is 0.457 e. The van der Waals surface area contributed by atoms with E-state index in [9.17, 15) is 13.2 Å². The minimum absolute atomic E-state index is 0.198. The first-order valence-corrected chi connectivity index (χ1v) is 13.9. The lowest BCUT2D eigenvalue weighted by Gasteiger charge is -2.23. The van der Waals surface area contributed by atoms with Crippen LogP contribution in [0.25, 0.3) is 11.3 Å². The number of para-hydroxylation sites is 1. The Labute approximate surface area is 214 Å². The monoisotopic (exact) mass is 519 g/mol. The molecule has 0 bridgehead atoms. The Hall–Kier alpha value is -3.53.